The van der Waals surface area contributed by atoms with Gasteiger partial charge in [0.15, 0.2) is 0 Å². The Balaban J connectivity index is 3.27. The summed E-state index contributed by atoms with van der Waals surface area (Å²) < 4.78 is 4.95. The molecule has 0 radical (unpaired) electrons. The largest absolute Gasteiger partial charge is 0.383 e. The van der Waals surface area contributed by atoms with Gasteiger partial charge in [0.2, 0.25) is 0 Å². The number of hydrogen-bond donors (Lipinski definition) is 2. The van der Waals surface area contributed by atoms with E-state index in [1.165, 1.54) is 0 Å². The van der Waals surface area contributed by atoms with Crippen molar-refractivity contribution in [2.45, 2.75) is 25.9 Å². The van der Waals surface area contributed by atoms with Gasteiger partial charge in [-0.2, -0.15) is 0 Å². The highest BCUT2D eigenvalue weighted by Gasteiger charge is 2.03. The minimum atomic E-state index is 0.380. The predicted molar refractivity (Wildman–Crippen MR) is 43.0 cm³/mol. The zero-order valence-corrected chi connectivity index (χ0v) is 7.05. The summed E-state index contributed by atoms with van der Waals surface area (Å²) in [5.74, 6) is 0. The molecule has 0 heterocycles. The van der Waals surface area contributed by atoms with Crippen molar-refractivity contribution in [3.63, 3.8) is 0 Å². The summed E-state index contributed by atoms with van der Waals surface area (Å²) in [6.07, 6.45) is 0. The van der Waals surface area contributed by atoms with Crippen molar-refractivity contribution in [2.24, 2.45) is 5.73 Å². The smallest absolute Gasteiger partial charge is 0.0613 e. The maximum absolute atomic E-state index is 5.41. The van der Waals surface area contributed by atoms with E-state index in [2.05, 4.69) is 19.2 Å². The topological polar surface area (TPSA) is 47.3 Å². The normalized spacial score (nSPS) is 16.8. The molecule has 0 amide bonds. The van der Waals surface area contributed by atoms with E-state index in [0.29, 0.717) is 18.6 Å². The molecule has 3 heteroatoms. The molecule has 2 atom stereocenters. The van der Waals surface area contributed by atoms with Crippen molar-refractivity contribution in [3.8, 4) is 0 Å². The molecule has 0 saturated carbocycles. The molecule has 0 aromatic rings. The van der Waals surface area contributed by atoms with Crippen molar-refractivity contribution in [1.82, 2.24) is 5.32 Å². The van der Waals surface area contributed by atoms with E-state index in [1.54, 1.807) is 7.11 Å². The lowest BCUT2D eigenvalue weighted by molar-refractivity contribution is 0.168. The second kappa shape index (κ2) is 5.65. The van der Waals surface area contributed by atoms with Crippen LogP contribution in [0.3, 0.4) is 0 Å². The molecule has 0 aliphatic carbocycles. The van der Waals surface area contributed by atoms with Crippen LogP contribution in [-0.2, 0) is 4.74 Å². The van der Waals surface area contributed by atoms with Gasteiger partial charge in [0.25, 0.3) is 0 Å². The third kappa shape index (κ3) is 4.73. The Morgan fingerprint density at radius 1 is 1.40 bits per heavy atom. The van der Waals surface area contributed by atoms with Gasteiger partial charge >= 0.3 is 0 Å². The van der Waals surface area contributed by atoms with Gasteiger partial charge in [-0.25, -0.2) is 0 Å². The Kier molecular flexibility index (Phi) is 5.58. The number of rotatable bonds is 5. The van der Waals surface area contributed by atoms with Gasteiger partial charge < -0.3 is 15.8 Å². The van der Waals surface area contributed by atoms with Gasteiger partial charge in [0.1, 0.15) is 0 Å². The molecular formula is C7H18N2O. The summed E-state index contributed by atoms with van der Waals surface area (Å²) in [7, 11) is 1.70. The molecule has 0 rings (SSSR count). The first-order chi connectivity index (χ1) is 4.70. The number of hydrogen-bond acceptors (Lipinski definition) is 3. The molecule has 10 heavy (non-hydrogen) atoms. The first kappa shape index (κ1) is 9.88. The fourth-order valence-electron chi connectivity index (χ4n) is 0.852. The van der Waals surface area contributed by atoms with Gasteiger partial charge in [-0.3, -0.25) is 0 Å². The monoisotopic (exact) mass is 146 g/mol. The summed E-state index contributed by atoms with van der Waals surface area (Å²) in [5.41, 5.74) is 5.41. The minimum Gasteiger partial charge on any atom is -0.383 e. The van der Waals surface area contributed by atoms with E-state index in [-0.39, 0.29) is 0 Å². The van der Waals surface area contributed by atoms with E-state index < -0.39 is 0 Å². The molecule has 0 aromatic carbocycles. The highest BCUT2D eigenvalue weighted by atomic mass is 16.5. The molecule has 3 nitrogen and oxygen atoms in total. The van der Waals surface area contributed by atoms with E-state index in [1.807, 2.05) is 0 Å². The van der Waals surface area contributed by atoms with Crippen LogP contribution >= 0.6 is 0 Å². The highest BCUT2D eigenvalue weighted by molar-refractivity contribution is 4.66. The molecular weight excluding hydrogens is 128 g/mol. The molecule has 0 aliphatic rings. The van der Waals surface area contributed by atoms with Crippen molar-refractivity contribution in [1.29, 1.82) is 0 Å². The molecule has 0 spiro atoms. The first-order valence-electron chi connectivity index (χ1n) is 3.65. The Morgan fingerprint density at radius 2 is 2.00 bits per heavy atom. The van der Waals surface area contributed by atoms with Crippen molar-refractivity contribution in [3.05, 3.63) is 0 Å². The SMILES string of the molecule is COCC(C)NC(C)CN. The van der Waals surface area contributed by atoms with Gasteiger partial charge in [0, 0.05) is 25.7 Å². The summed E-state index contributed by atoms with van der Waals surface area (Å²) in [6, 6.07) is 0.772. The number of ether oxygens (including phenoxy) is 1. The fraction of sp³-hybridized carbons (Fsp3) is 1.00. The summed E-state index contributed by atoms with van der Waals surface area (Å²) in [5, 5.41) is 3.28. The van der Waals surface area contributed by atoms with Crippen LogP contribution < -0.4 is 11.1 Å². The van der Waals surface area contributed by atoms with E-state index >= 15 is 0 Å². The van der Waals surface area contributed by atoms with E-state index in [9.17, 15) is 0 Å². The quantitative estimate of drug-likeness (QED) is 0.572. The van der Waals surface area contributed by atoms with Gasteiger partial charge in [-0.05, 0) is 13.8 Å². The molecule has 3 N–H and O–H groups in total. The zero-order valence-electron chi connectivity index (χ0n) is 7.05. The molecule has 2 unspecified atom stereocenters. The number of nitrogens with one attached hydrogen (secondary N) is 1. The molecule has 0 fully saturated rings. The first-order valence-corrected chi connectivity index (χ1v) is 3.65. The second-order valence-corrected chi connectivity index (χ2v) is 2.66. The van der Waals surface area contributed by atoms with Crippen molar-refractivity contribution >= 4 is 0 Å². The molecule has 0 saturated heterocycles. The summed E-state index contributed by atoms with van der Waals surface area (Å²) in [6.45, 7) is 5.56. The Bertz CT molecular complexity index is 78.0. The lowest BCUT2D eigenvalue weighted by Crippen LogP contribution is -2.41. The number of methoxy groups -OCH3 is 1. The van der Waals surface area contributed by atoms with Crippen LogP contribution in [0, 0.1) is 0 Å². The third-order valence-electron chi connectivity index (χ3n) is 1.34. The maximum Gasteiger partial charge on any atom is 0.0613 e. The Morgan fingerprint density at radius 3 is 2.40 bits per heavy atom. The Hall–Kier alpha value is -0.120. The standard InChI is InChI=1S/C7H18N2O/c1-6(4-8)9-7(2)5-10-3/h6-7,9H,4-5,8H2,1-3H3. The lowest BCUT2D eigenvalue weighted by atomic mass is 10.3. The predicted octanol–water partition coefficient (Wildman–Crippen LogP) is -0.0419. The highest BCUT2D eigenvalue weighted by Crippen LogP contribution is 1.85. The third-order valence-corrected chi connectivity index (χ3v) is 1.34. The van der Waals surface area contributed by atoms with Crippen LogP contribution in [0.1, 0.15) is 13.8 Å². The van der Waals surface area contributed by atoms with Gasteiger partial charge in [-0.1, -0.05) is 0 Å². The second-order valence-electron chi connectivity index (χ2n) is 2.66. The molecule has 62 valence electrons. The Labute approximate surface area is 62.9 Å². The fourth-order valence-corrected chi connectivity index (χ4v) is 0.852. The van der Waals surface area contributed by atoms with Gasteiger partial charge in [0.05, 0.1) is 6.61 Å². The van der Waals surface area contributed by atoms with Crippen LogP contribution in [0.15, 0.2) is 0 Å². The van der Waals surface area contributed by atoms with Crippen LogP contribution in [0.2, 0.25) is 0 Å². The average Bonchev–Trinajstić information content (AvgIpc) is 1.88. The van der Waals surface area contributed by atoms with E-state index in [0.717, 1.165) is 6.61 Å². The summed E-state index contributed by atoms with van der Waals surface area (Å²) >= 11 is 0. The van der Waals surface area contributed by atoms with E-state index in [4.69, 9.17) is 10.5 Å². The van der Waals surface area contributed by atoms with Crippen LogP contribution in [0.4, 0.5) is 0 Å². The zero-order chi connectivity index (χ0) is 7.98. The minimum absolute atomic E-state index is 0.380. The molecule has 0 aromatic heterocycles. The van der Waals surface area contributed by atoms with Crippen LogP contribution in [-0.4, -0.2) is 32.3 Å². The maximum atomic E-state index is 5.41. The lowest BCUT2D eigenvalue weighted by Gasteiger charge is -2.17. The van der Waals surface area contributed by atoms with Crippen LogP contribution in [0.5, 0.6) is 0 Å². The van der Waals surface area contributed by atoms with Crippen molar-refractivity contribution < 1.29 is 4.74 Å². The molecule has 0 aliphatic heterocycles. The number of nitrogens with two attached hydrogens (primary N) is 1. The van der Waals surface area contributed by atoms with Gasteiger partial charge in [-0.15, -0.1) is 0 Å². The van der Waals surface area contributed by atoms with Crippen LogP contribution in [0.25, 0.3) is 0 Å². The van der Waals surface area contributed by atoms with Crippen molar-refractivity contribution in [2.75, 3.05) is 20.3 Å². The summed E-state index contributed by atoms with van der Waals surface area (Å²) in [4.78, 5) is 0. The average molecular weight is 146 g/mol. The molecule has 0 bridgehead atoms.